The Bertz CT molecular complexity index is 539. The summed E-state index contributed by atoms with van der Waals surface area (Å²) in [4.78, 5) is 8.18. The van der Waals surface area contributed by atoms with Gasteiger partial charge >= 0.3 is 0 Å². The molecule has 1 N–H and O–H groups in total. The molecule has 0 aromatic carbocycles. The normalized spacial score (nSPS) is 12.3. The average molecular weight is 233 g/mol. The lowest BCUT2D eigenvalue weighted by molar-refractivity contribution is 0.167. The molecule has 0 amide bonds. The molecule has 0 spiro atoms. The van der Waals surface area contributed by atoms with Gasteiger partial charge in [0.1, 0.15) is 0 Å². The Hall–Kier alpha value is -2.20. The number of imidazole rings is 1. The number of aryl methyl sites for hydroxylation is 1. The van der Waals surface area contributed by atoms with E-state index in [9.17, 15) is 5.11 Å². The van der Waals surface area contributed by atoms with Crippen molar-refractivity contribution in [3.05, 3.63) is 18.3 Å². The van der Waals surface area contributed by atoms with Crippen LogP contribution in [0.3, 0.4) is 0 Å². The lowest BCUT2D eigenvalue weighted by Gasteiger charge is -1.99. The number of aliphatic hydroxyl groups is 1. The van der Waals surface area contributed by atoms with Gasteiger partial charge in [-0.05, 0) is 0 Å². The van der Waals surface area contributed by atoms with E-state index in [1.807, 2.05) is 13.1 Å². The highest BCUT2D eigenvalue weighted by atomic mass is 16.5. The minimum atomic E-state index is -0.783. The van der Waals surface area contributed by atoms with Crippen LogP contribution in [0.4, 0.5) is 0 Å². The first-order valence-corrected chi connectivity index (χ1v) is 5.06. The van der Waals surface area contributed by atoms with Crippen molar-refractivity contribution in [2.45, 2.75) is 18.9 Å². The number of hydrogen-bond donors (Lipinski definition) is 1. The van der Waals surface area contributed by atoms with Gasteiger partial charge in [0.15, 0.2) is 5.82 Å². The summed E-state index contributed by atoms with van der Waals surface area (Å²) in [6.45, 7) is 0. The van der Waals surface area contributed by atoms with Gasteiger partial charge in [0.05, 0.1) is 25.0 Å². The van der Waals surface area contributed by atoms with Crippen molar-refractivity contribution in [2.24, 2.45) is 7.05 Å². The molecule has 0 bridgehead atoms. The van der Waals surface area contributed by atoms with Crippen molar-refractivity contribution in [3.8, 4) is 17.7 Å². The van der Waals surface area contributed by atoms with Crippen molar-refractivity contribution >= 4 is 0 Å². The minimum Gasteiger partial charge on any atom is -0.392 e. The molecule has 0 aliphatic carbocycles. The molecular formula is C10H11N5O2. The Balaban J connectivity index is 2.12. The first kappa shape index (κ1) is 11.3. The summed E-state index contributed by atoms with van der Waals surface area (Å²) < 4.78 is 6.74. The lowest BCUT2D eigenvalue weighted by Crippen LogP contribution is -2.09. The Labute approximate surface area is 97.3 Å². The van der Waals surface area contributed by atoms with E-state index in [-0.39, 0.29) is 12.8 Å². The second-order valence-corrected chi connectivity index (χ2v) is 3.59. The van der Waals surface area contributed by atoms with Crippen LogP contribution in [0.5, 0.6) is 0 Å². The van der Waals surface area contributed by atoms with Gasteiger partial charge in [0, 0.05) is 19.4 Å². The number of rotatable bonds is 4. The molecule has 1 atom stereocenters. The van der Waals surface area contributed by atoms with Gasteiger partial charge in [0.2, 0.25) is 11.7 Å². The number of aliphatic hydroxyl groups excluding tert-OH is 1. The van der Waals surface area contributed by atoms with Crippen LogP contribution < -0.4 is 0 Å². The predicted molar refractivity (Wildman–Crippen MR) is 56.4 cm³/mol. The Kier molecular flexibility index (Phi) is 3.16. The van der Waals surface area contributed by atoms with Crippen LogP contribution >= 0.6 is 0 Å². The topological polar surface area (TPSA) is 101 Å². The molecule has 0 aliphatic heterocycles. The van der Waals surface area contributed by atoms with Crippen molar-refractivity contribution in [1.82, 2.24) is 19.7 Å². The molecule has 0 aliphatic rings. The van der Waals surface area contributed by atoms with Gasteiger partial charge in [-0.2, -0.15) is 10.2 Å². The molecule has 88 valence electrons. The fraction of sp³-hybridized carbons (Fsp3) is 0.400. The fourth-order valence-corrected chi connectivity index (χ4v) is 1.39. The lowest BCUT2D eigenvalue weighted by atomic mass is 10.2. The maximum Gasteiger partial charge on any atom is 0.238 e. The summed E-state index contributed by atoms with van der Waals surface area (Å²) in [6, 6.07) is 1.87. The van der Waals surface area contributed by atoms with E-state index in [4.69, 9.17) is 9.78 Å². The SMILES string of the molecule is Cn1ccnc1-c1noc(CC(O)CC#N)n1. The zero-order chi connectivity index (χ0) is 12.3. The number of hydrogen-bond acceptors (Lipinski definition) is 6. The van der Waals surface area contributed by atoms with Crippen LogP contribution in [0.1, 0.15) is 12.3 Å². The molecule has 0 radical (unpaired) electrons. The van der Waals surface area contributed by atoms with Crippen molar-refractivity contribution in [3.63, 3.8) is 0 Å². The largest absolute Gasteiger partial charge is 0.392 e. The van der Waals surface area contributed by atoms with Crippen LogP contribution in [0.2, 0.25) is 0 Å². The standard InChI is InChI=1S/C10H11N5O2/c1-15-5-4-12-10(15)9-13-8(17-14-9)6-7(16)2-3-11/h4-5,7,16H,2,6H2,1H3. The van der Waals surface area contributed by atoms with Gasteiger partial charge in [-0.15, -0.1) is 0 Å². The van der Waals surface area contributed by atoms with E-state index in [1.165, 1.54) is 0 Å². The predicted octanol–water partition coefficient (Wildman–Crippen LogP) is 0.287. The quantitative estimate of drug-likeness (QED) is 0.814. The second-order valence-electron chi connectivity index (χ2n) is 3.59. The molecule has 0 saturated carbocycles. The third-order valence-electron chi connectivity index (χ3n) is 2.23. The monoisotopic (exact) mass is 233 g/mol. The molecular weight excluding hydrogens is 222 g/mol. The molecule has 2 rings (SSSR count). The molecule has 17 heavy (non-hydrogen) atoms. The third kappa shape index (κ3) is 2.49. The molecule has 2 heterocycles. The van der Waals surface area contributed by atoms with E-state index >= 15 is 0 Å². The zero-order valence-corrected chi connectivity index (χ0v) is 9.24. The third-order valence-corrected chi connectivity index (χ3v) is 2.23. The van der Waals surface area contributed by atoms with E-state index in [0.29, 0.717) is 17.5 Å². The van der Waals surface area contributed by atoms with E-state index in [2.05, 4.69) is 15.1 Å². The van der Waals surface area contributed by atoms with E-state index in [1.54, 1.807) is 17.0 Å². The van der Waals surface area contributed by atoms with E-state index in [0.717, 1.165) is 0 Å². The van der Waals surface area contributed by atoms with Gasteiger partial charge in [-0.3, -0.25) is 0 Å². The van der Waals surface area contributed by atoms with Crippen LogP contribution in [0, 0.1) is 11.3 Å². The summed E-state index contributed by atoms with van der Waals surface area (Å²) in [5, 5.41) is 21.6. The molecule has 1 unspecified atom stereocenters. The van der Waals surface area contributed by atoms with Gasteiger partial charge in [0.25, 0.3) is 0 Å². The van der Waals surface area contributed by atoms with Crippen LogP contribution in [0.25, 0.3) is 11.6 Å². The minimum absolute atomic E-state index is 0.0418. The Morgan fingerprint density at radius 3 is 3.12 bits per heavy atom. The summed E-state index contributed by atoms with van der Waals surface area (Å²) in [5.74, 6) is 1.26. The highest BCUT2D eigenvalue weighted by molar-refractivity contribution is 5.42. The first-order chi connectivity index (χ1) is 8.20. The fourth-order valence-electron chi connectivity index (χ4n) is 1.39. The van der Waals surface area contributed by atoms with Crippen LogP contribution in [-0.4, -0.2) is 30.9 Å². The first-order valence-electron chi connectivity index (χ1n) is 5.06. The zero-order valence-electron chi connectivity index (χ0n) is 9.24. The number of nitrogens with zero attached hydrogens (tertiary/aromatic N) is 5. The molecule has 7 nitrogen and oxygen atoms in total. The van der Waals surface area contributed by atoms with Crippen molar-refractivity contribution in [2.75, 3.05) is 0 Å². The molecule has 7 heteroatoms. The second kappa shape index (κ2) is 4.76. The number of nitriles is 1. The maximum atomic E-state index is 9.43. The Morgan fingerprint density at radius 1 is 1.65 bits per heavy atom. The summed E-state index contributed by atoms with van der Waals surface area (Å²) in [5.41, 5.74) is 0. The van der Waals surface area contributed by atoms with E-state index < -0.39 is 6.10 Å². The highest BCUT2D eigenvalue weighted by Crippen LogP contribution is 2.13. The van der Waals surface area contributed by atoms with Crippen LogP contribution in [-0.2, 0) is 13.5 Å². The van der Waals surface area contributed by atoms with Crippen molar-refractivity contribution in [1.29, 1.82) is 5.26 Å². The van der Waals surface area contributed by atoms with Gasteiger partial charge in [-0.25, -0.2) is 4.98 Å². The summed E-state index contributed by atoms with van der Waals surface area (Å²) >= 11 is 0. The smallest absolute Gasteiger partial charge is 0.238 e. The highest BCUT2D eigenvalue weighted by Gasteiger charge is 2.15. The average Bonchev–Trinajstić information content (AvgIpc) is 2.87. The summed E-state index contributed by atoms with van der Waals surface area (Å²) in [6.07, 6.45) is 2.84. The van der Waals surface area contributed by atoms with Gasteiger partial charge in [-0.1, -0.05) is 5.16 Å². The number of aromatic nitrogens is 4. The maximum absolute atomic E-state index is 9.43. The van der Waals surface area contributed by atoms with Gasteiger partial charge < -0.3 is 14.2 Å². The summed E-state index contributed by atoms with van der Waals surface area (Å²) in [7, 11) is 1.82. The van der Waals surface area contributed by atoms with Crippen LogP contribution in [0.15, 0.2) is 16.9 Å². The molecule has 0 saturated heterocycles. The Morgan fingerprint density at radius 2 is 2.47 bits per heavy atom. The molecule has 0 fully saturated rings. The van der Waals surface area contributed by atoms with Crippen molar-refractivity contribution < 1.29 is 9.63 Å². The molecule has 2 aromatic heterocycles. The molecule has 2 aromatic rings.